The summed E-state index contributed by atoms with van der Waals surface area (Å²) in [5.41, 5.74) is 1.61. The lowest BCUT2D eigenvalue weighted by Gasteiger charge is -2.51. The molecule has 108 valence electrons. The van der Waals surface area contributed by atoms with Gasteiger partial charge in [0.25, 0.3) is 0 Å². The number of Topliss-reactive ketones (excluding diaryl/α,β-unsaturated/α-hetero) is 1. The van der Waals surface area contributed by atoms with E-state index in [1.165, 1.54) is 37.7 Å². The first kappa shape index (κ1) is 12.8. The van der Waals surface area contributed by atoms with Crippen LogP contribution in [0.15, 0.2) is 11.6 Å². The van der Waals surface area contributed by atoms with E-state index in [1.54, 1.807) is 0 Å². The Bertz CT molecular complexity index is 504. The number of allylic oxidation sites excluding steroid dienone is 1. The second kappa shape index (κ2) is 4.29. The quantitative estimate of drug-likeness (QED) is 0.674. The molecule has 20 heavy (non-hydrogen) atoms. The molecule has 0 aromatic carbocycles. The van der Waals surface area contributed by atoms with Gasteiger partial charge in [0.2, 0.25) is 0 Å². The SMILES string of the molecule is CC12CCCC1C1C(=O)CC3=CC(=O)CCC3C1CC2. The average Bonchev–Trinajstić information content (AvgIpc) is 2.79. The van der Waals surface area contributed by atoms with Gasteiger partial charge in [-0.25, -0.2) is 0 Å². The number of carbonyl (C=O) groups is 2. The zero-order valence-electron chi connectivity index (χ0n) is 12.4. The van der Waals surface area contributed by atoms with Gasteiger partial charge in [0.15, 0.2) is 5.78 Å². The largest absolute Gasteiger partial charge is 0.299 e. The van der Waals surface area contributed by atoms with Crippen LogP contribution in [0.2, 0.25) is 0 Å². The van der Waals surface area contributed by atoms with Gasteiger partial charge in [0.05, 0.1) is 0 Å². The molecule has 2 nitrogen and oxygen atoms in total. The Morgan fingerprint density at radius 3 is 2.85 bits per heavy atom. The zero-order chi connectivity index (χ0) is 13.9. The molecule has 0 saturated heterocycles. The summed E-state index contributed by atoms with van der Waals surface area (Å²) in [6, 6.07) is 0. The molecule has 0 aromatic rings. The minimum atomic E-state index is 0.240. The molecule has 0 aromatic heterocycles. The van der Waals surface area contributed by atoms with Crippen LogP contribution >= 0.6 is 0 Å². The summed E-state index contributed by atoms with van der Waals surface area (Å²) in [4.78, 5) is 24.4. The molecule has 4 rings (SSSR count). The van der Waals surface area contributed by atoms with Gasteiger partial charge < -0.3 is 0 Å². The first-order valence-corrected chi connectivity index (χ1v) is 8.34. The smallest absolute Gasteiger partial charge is 0.155 e. The van der Waals surface area contributed by atoms with Gasteiger partial charge in [0.1, 0.15) is 5.78 Å². The fraction of sp³-hybridized carbons (Fsp3) is 0.778. The van der Waals surface area contributed by atoms with Crippen molar-refractivity contribution >= 4 is 11.6 Å². The van der Waals surface area contributed by atoms with Crippen LogP contribution < -0.4 is 0 Å². The van der Waals surface area contributed by atoms with Crippen LogP contribution in [0.5, 0.6) is 0 Å². The summed E-state index contributed by atoms with van der Waals surface area (Å²) in [6.07, 6.45) is 10.5. The number of hydrogen-bond donors (Lipinski definition) is 0. The van der Waals surface area contributed by atoms with Crippen molar-refractivity contribution in [3.8, 4) is 0 Å². The van der Waals surface area contributed by atoms with E-state index in [0.29, 0.717) is 47.7 Å². The fourth-order valence-electron chi connectivity index (χ4n) is 5.93. The van der Waals surface area contributed by atoms with Crippen molar-refractivity contribution in [1.29, 1.82) is 0 Å². The van der Waals surface area contributed by atoms with Crippen LogP contribution in [0, 0.1) is 29.1 Å². The molecule has 0 amide bonds. The predicted octanol–water partition coefficient (Wildman–Crippen LogP) is 3.70. The van der Waals surface area contributed by atoms with Crippen molar-refractivity contribution in [3.05, 3.63) is 11.6 Å². The van der Waals surface area contributed by atoms with Gasteiger partial charge in [-0.05, 0) is 61.3 Å². The van der Waals surface area contributed by atoms with Crippen molar-refractivity contribution in [1.82, 2.24) is 0 Å². The van der Waals surface area contributed by atoms with Crippen LogP contribution in [0.1, 0.15) is 58.3 Å². The molecule has 0 spiro atoms. The highest BCUT2D eigenvalue weighted by Crippen LogP contribution is 2.60. The first-order chi connectivity index (χ1) is 9.58. The standard InChI is InChI=1S/C18H24O2/c1-18-7-2-3-15(18)17-14(6-8-18)13-5-4-12(19)9-11(13)10-16(17)20/h9,13-15,17H,2-8,10H2,1H3. The van der Waals surface area contributed by atoms with Crippen LogP contribution in [-0.4, -0.2) is 11.6 Å². The van der Waals surface area contributed by atoms with Crippen molar-refractivity contribution in [2.45, 2.75) is 58.3 Å². The van der Waals surface area contributed by atoms with Crippen LogP contribution in [0.25, 0.3) is 0 Å². The Labute approximate surface area is 121 Å². The topological polar surface area (TPSA) is 34.1 Å². The lowest BCUT2D eigenvalue weighted by atomic mass is 9.52. The third-order valence-electron chi connectivity index (χ3n) is 6.89. The molecule has 4 aliphatic rings. The summed E-state index contributed by atoms with van der Waals surface area (Å²) >= 11 is 0. The molecule has 0 heterocycles. The lowest BCUT2D eigenvalue weighted by Crippen LogP contribution is -2.48. The average molecular weight is 272 g/mol. The minimum Gasteiger partial charge on any atom is -0.299 e. The van der Waals surface area contributed by atoms with E-state index in [-0.39, 0.29) is 5.78 Å². The molecule has 0 N–H and O–H groups in total. The van der Waals surface area contributed by atoms with Crippen molar-refractivity contribution in [2.75, 3.05) is 0 Å². The molecule has 0 bridgehead atoms. The summed E-state index contributed by atoms with van der Waals surface area (Å²) in [6.45, 7) is 2.42. The summed E-state index contributed by atoms with van der Waals surface area (Å²) in [5, 5.41) is 0. The number of ketones is 2. The lowest BCUT2D eigenvalue weighted by molar-refractivity contribution is -0.134. The van der Waals surface area contributed by atoms with Gasteiger partial charge in [-0.15, -0.1) is 0 Å². The Balaban J connectivity index is 1.70. The summed E-state index contributed by atoms with van der Waals surface area (Å²) in [7, 11) is 0. The monoisotopic (exact) mass is 272 g/mol. The van der Waals surface area contributed by atoms with E-state index in [1.807, 2.05) is 6.08 Å². The maximum atomic E-state index is 12.7. The maximum absolute atomic E-state index is 12.7. The van der Waals surface area contributed by atoms with E-state index in [0.717, 1.165) is 6.42 Å². The highest BCUT2D eigenvalue weighted by atomic mass is 16.1. The number of carbonyl (C=O) groups excluding carboxylic acids is 2. The van der Waals surface area contributed by atoms with Gasteiger partial charge in [0, 0.05) is 18.8 Å². The third kappa shape index (κ3) is 1.69. The molecule has 3 saturated carbocycles. The molecule has 5 atom stereocenters. The first-order valence-electron chi connectivity index (χ1n) is 8.34. The Hall–Kier alpha value is -0.920. The van der Waals surface area contributed by atoms with E-state index in [9.17, 15) is 9.59 Å². The van der Waals surface area contributed by atoms with Gasteiger partial charge >= 0.3 is 0 Å². The van der Waals surface area contributed by atoms with Crippen molar-refractivity contribution in [3.63, 3.8) is 0 Å². The second-order valence-corrected chi connectivity index (χ2v) is 7.85. The molecule has 4 aliphatic carbocycles. The van der Waals surface area contributed by atoms with Crippen LogP contribution in [-0.2, 0) is 9.59 Å². The fourth-order valence-corrected chi connectivity index (χ4v) is 5.93. The van der Waals surface area contributed by atoms with Gasteiger partial charge in [-0.3, -0.25) is 9.59 Å². The predicted molar refractivity (Wildman–Crippen MR) is 77.1 cm³/mol. The Kier molecular flexibility index (Phi) is 2.74. The number of hydrogen-bond acceptors (Lipinski definition) is 2. The Morgan fingerprint density at radius 2 is 2.00 bits per heavy atom. The number of rotatable bonds is 0. The normalized spacial score (nSPS) is 47.4. The zero-order valence-corrected chi connectivity index (χ0v) is 12.4. The van der Waals surface area contributed by atoms with E-state index in [4.69, 9.17) is 0 Å². The van der Waals surface area contributed by atoms with Gasteiger partial charge in [-0.2, -0.15) is 0 Å². The molecule has 0 radical (unpaired) electrons. The Morgan fingerprint density at radius 1 is 1.15 bits per heavy atom. The van der Waals surface area contributed by atoms with E-state index in [2.05, 4.69) is 6.92 Å². The molecule has 0 aliphatic heterocycles. The molecular formula is C18H24O2. The number of fused-ring (bicyclic) bond motifs is 5. The highest BCUT2D eigenvalue weighted by molar-refractivity contribution is 5.94. The van der Waals surface area contributed by atoms with E-state index < -0.39 is 0 Å². The summed E-state index contributed by atoms with van der Waals surface area (Å²) < 4.78 is 0. The molecule has 5 unspecified atom stereocenters. The maximum Gasteiger partial charge on any atom is 0.155 e. The van der Waals surface area contributed by atoms with Crippen molar-refractivity contribution in [2.24, 2.45) is 29.1 Å². The molecular weight excluding hydrogens is 248 g/mol. The third-order valence-corrected chi connectivity index (χ3v) is 6.89. The summed E-state index contributed by atoms with van der Waals surface area (Å²) in [5.74, 6) is 2.72. The highest BCUT2D eigenvalue weighted by Gasteiger charge is 2.55. The van der Waals surface area contributed by atoms with Crippen LogP contribution in [0.3, 0.4) is 0 Å². The second-order valence-electron chi connectivity index (χ2n) is 7.85. The molecule has 2 heteroatoms. The minimum absolute atomic E-state index is 0.240. The van der Waals surface area contributed by atoms with E-state index >= 15 is 0 Å². The van der Waals surface area contributed by atoms with Gasteiger partial charge in [-0.1, -0.05) is 18.9 Å². The molecule has 3 fully saturated rings. The van der Waals surface area contributed by atoms with Crippen molar-refractivity contribution < 1.29 is 9.59 Å². The van der Waals surface area contributed by atoms with Crippen LogP contribution in [0.4, 0.5) is 0 Å².